The van der Waals surface area contributed by atoms with Crippen LogP contribution in [0.15, 0.2) is 54.6 Å². The lowest BCUT2D eigenvalue weighted by Gasteiger charge is -2.38. The van der Waals surface area contributed by atoms with Crippen LogP contribution in [-0.4, -0.2) is 7.11 Å². The highest BCUT2D eigenvalue weighted by molar-refractivity contribution is 6.30. The molecule has 3 heteroatoms. The number of ether oxygens (including phenoxy) is 1. The summed E-state index contributed by atoms with van der Waals surface area (Å²) >= 11 is 6.04. The van der Waals surface area contributed by atoms with Crippen LogP contribution >= 0.6 is 11.6 Å². The minimum atomic E-state index is 0.279. The van der Waals surface area contributed by atoms with Crippen LogP contribution in [0.1, 0.15) is 29.5 Å². The van der Waals surface area contributed by atoms with Gasteiger partial charge in [-0.25, -0.2) is 0 Å². The topological polar surface area (TPSA) is 21.3 Å². The molecule has 112 valence electrons. The molecule has 0 radical (unpaired) electrons. The first-order valence-corrected chi connectivity index (χ1v) is 8.01. The number of fused-ring (bicyclic) bond motifs is 3. The van der Waals surface area contributed by atoms with Crippen molar-refractivity contribution in [1.29, 1.82) is 0 Å². The van der Waals surface area contributed by atoms with Crippen LogP contribution in [0.4, 0.5) is 5.69 Å². The van der Waals surface area contributed by atoms with Gasteiger partial charge in [-0.1, -0.05) is 48.0 Å². The lowest BCUT2D eigenvalue weighted by Crippen LogP contribution is -2.29. The second-order valence-corrected chi connectivity index (χ2v) is 6.39. The van der Waals surface area contributed by atoms with Crippen molar-refractivity contribution in [2.45, 2.75) is 18.4 Å². The molecule has 1 N–H and O–H groups in total. The number of benzene rings is 2. The van der Waals surface area contributed by atoms with E-state index in [1.165, 1.54) is 11.1 Å². The summed E-state index contributed by atoms with van der Waals surface area (Å²) in [6.45, 7) is 0. The van der Waals surface area contributed by atoms with E-state index >= 15 is 0 Å². The Balaban J connectivity index is 1.81. The third-order valence-corrected chi connectivity index (χ3v) is 5.06. The molecule has 2 aliphatic rings. The summed E-state index contributed by atoms with van der Waals surface area (Å²) in [5.41, 5.74) is 3.74. The first-order chi connectivity index (χ1) is 10.8. The molecular weight excluding hydrogens is 294 g/mol. The molecular formula is C19H18ClNO. The number of hydrogen-bond acceptors (Lipinski definition) is 2. The van der Waals surface area contributed by atoms with Crippen LogP contribution in [0.25, 0.3) is 0 Å². The maximum Gasteiger partial charge on any atom is 0.142 e. The van der Waals surface area contributed by atoms with E-state index in [2.05, 4.69) is 41.7 Å². The Morgan fingerprint density at radius 2 is 1.95 bits per heavy atom. The molecule has 22 heavy (non-hydrogen) atoms. The Morgan fingerprint density at radius 1 is 1.14 bits per heavy atom. The van der Waals surface area contributed by atoms with Crippen molar-refractivity contribution in [3.05, 3.63) is 70.8 Å². The molecule has 1 aliphatic carbocycles. The smallest absolute Gasteiger partial charge is 0.142 e. The van der Waals surface area contributed by atoms with Gasteiger partial charge in [0.05, 0.1) is 18.8 Å². The Labute approximate surface area is 135 Å². The summed E-state index contributed by atoms with van der Waals surface area (Å²) in [5, 5.41) is 4.49. The van der Waals surface area contributed by atoms with Crippen molar-refractivity contribution >= 4 is 17.3 Å². The van der Waals surface area contributed by atoms with Crippen molar-refractivity contribution in [2.24, 2.45) is 5.92 Å². The Bertz CT molecular complexity index is 723. The SMILES string of the molecule is COc1cccc2c1N[C@@H](c1ccc(Cl)cc1)[C@@H]1CC=C[C@@H]21. The zero-order valence-corrected chi connectivity index (χ0v) is 13.2. The van der Waals surface area contributed by atoms with Crippen LogP contribution in [0.3, 0.4) is 0 Å². The maximum absolute atomic E-state index is 6.04. The first kappa shape index (κ1) is 13.7. The van der Waals surface area contributed by atoms with Crippen LogP contribution in [0, 0.1) is 5.92 Å². The van der Waals surface area contributed by atoms with Crippen LogP contribution < -0.4 is 10.1 Å². The van der Waals surface area contributed by atoms with Crippen LogP contribution in [-0.2, 0) is 0 Å². The van der Waals surface area contributed by atoms with Gasteiger partial charge in [0.1, 0.15) is 5.75 Å². The van der Waals surface area contributed by atoms with Gasteiger partial charge < -0.3 is 10.1 Å². The second-order valence-electron chi connectivity index (χ2n) is 5.95. The number of methoxy groups -OCH3 is 1. The Morgan fingerprint density at radius 3 is 2.73 bits per heavy atom. The zero-order valence-electron chi connectivity index (χ0n) is 12.4. The standard InChI is InChI=1S/C19H18ClNO/c1-22-17-7-3-6-16-14-4-2-5-15(14)18(21-19(16)17)12-8-10-13(20)11-9-12/h2-4,6-11,14-15,18,21H,5H2,1H3/t14-,15-,18+/m1/s1. The van der Waals surface area contributed by atoms with Gasteiger partial charge in [-0.15, -0.1) is 0 Å². The molecule has 0 aromatic heterocycles. The summed E-state index contributed by atoms with van der Waals surface area (Å²) in [5.74, 6) is 1.91. The summed E-state index contributed by atoms with van der Waals surface area (Å²) in [6, 6.07) is 14.7. The molecule has 1 heterocycles. The highest BCUT2D eigenvalue weighted by Crippen LogP contribution is 2.52. The van der Waals surface area contributed by atoms with Crippen molar-refractivity contribution in [2.75, 3.05) is 12.4 Å². The third kappa shape index (κ3) is 2.10. The highest BCUT2D eigenvalue weighted by Gasteiger charge is 2.38. The molecule has 0 spiro atoms. The van der Waals surface area contributed by atoms with E-state index in [1.807, 2.05) is 18.2 Å². The van der Waals surface area contributed by atoms with E-state index in [4.69, 9.17) is 16.3 Å². The summed E-state index contributed by atoms with van der Waals surface area (Å²) in [6.07, 6.45) is 5.74. The molecule has 0 saturated carbocycles. The molecule has 0 unspecified atom stereocenters. The number of halogens is 1. The van der Waals surface area contributed by atoms with Gasteiger partial charge in [-0.2, -0.15) is 0 Å². The fourth-order valence-electron chi connectivity index (χ4n) is 3.76. The number of nitrogens with one attached hydrogen (secondary N) is 1. The summed E-state index contributed by atoms with van der Waals surface area (Å²) in [4.78, 5) is 0. The predicted molar refractivity (Wildman–Crippen MR) is 90.8 cm³/mol. The van der Waals surface area contributed by atoms with Crippen molar-refractivity contribution in [3.63, 3.8) is 0 Å². The van der Waals surface area contributed by atoms with Crippen molar-refractivity contribution in [3.8, 4) is 5.75 Å². The summed E-state index contributed by atoms with van der Waals surface area (Å²) < 4.78 is 5.56. The molecule has 2 nitrogen and oxygen atoms in total. The molecule has 2 aromatic rings. The van der Waals surface area contributed by atoms with E-state index in [1.54, 1.807) is 7.11 Å². The number of para-hydroxylation sites is 1. The van der Waals surface area contributed by atoms with E-state index in [0.29, 0.717) is 11.8 Å². The van der Waals surface area contributed by atoms with Gasteiger partial charge in [-0.3, -0.25) is 0 Å². The van der Waals surface area contributed by atoms with E-state index in [9.17, 15) is 0 Å². The molecule has 4 rings (SSSR count). The normalized spacial score (nSPS) is 25.3. The van der Waals surface area contributed by atoms with E-state index in [0.717, 1.165) is 22.9 Å². The summed E-state index contributed by atoms with van der Waals surface area (Å²) in [7, 11) is 1.73. The van der Waals surface area contributed by atoms with Gasteiger partial charge in [0.2, 0.25) is 0 Å². The van der Waals surface area contributed by atoms with Crippen LogP contribution in [0.2, 0.25) is 5.02 Å². The van der Waals surface area contributed by atoms with Crippen molar-refractivity contribution in [1.82, 2.24) is 0 Å². The molecule has 1 aliphatic heterocycles. The average molecular weight is 312 g/mol. The molecule has 2 aromatic carbocycles. The molecule has 0 bridgehead atoms. The first-order valence-electron chi connectivity index (χ1n) is 7.63. The van der Waals surface area contributed by atoms with Crippen molar-refractivity contribution < 1.29 is 4.74 Å². The molecule has 3 atom stereocenters. The zero-order chi connectivity index (χ0) is 15.1. The molecule has 0 saturated heterocycles. The molecule has 0 amide bonds. The van der Waals surface area contributed by atoms with E-state index in [-0.39, 0.29) is 6.04 Å². The second kappa shape index (κ2) is 5.36. The van der Waals surface area contributed by atoms with Gasteiger partial charge in [0.15, 0.2) is 0 Å². The number of anilines is 1. The number of allylic oxidation sites excluding steroid dienone is 2. The Hall–Kier alpha value is -1.93. The maximum atomic E-state index is 6.04. The van der Waals surface area contributed by atoms with Gasteiger partial charge >= 0.3 is 0 Å². The number of hydrogen-bond donors (Lipinski definition) is 1. The fourth-order valence-corrected chi connectivity index (χ4v) is 3.89. The van der Waals surface area contributed by atoms with E-state index < -0.39 is 0 Å². The lowest BCUT2D eigenvalue weighted by atomic mass is 9.77. The minimum Gasteiger partial charge on any atom is -0.495 e. The van der Waals surface area contributed by atoms with Gasteiger partial charge in [0, 0.05) is 10.9 Å². The molecule has 0 fully saturated rings. The fraction of sp³-hybridized carbons (Fsp3) is 0.263. The number of rotatable bonds is 2. The lowest BCUT2D eigenvalue weighted by molar-refractivity contribution is 0.397. The van der Waals surface area contributed by atoms with Crippen LogP contribution in [0.5, 0.6) is 5.75 Å². The minimum absolute atomic E-state index is 0.279. The van der Waals surface area contributed by atoms with Gasteiger partial charge in [0.25, 0.3) is 0 Å². The quantitative estimate of drug-likeness (QED) is 0.772. The predicted octanol–water partition coefficient (Wildman–Crippen LogP) is 5.18. The third-order valence-electron chi connectivity index (χ3n) is 4.81. The monoisotopic (exact) mass is 311 g/mol. The van der Waals surface area contributed by atoms with Gasteiger partial charge in [-0.05, 0) is 41.7 Å². The average Bonchev–Trinajstić information content (AvgIpc) is 3.04. The Kier molecular flexibility index (Phi) is 3.34. The highest BCUT2D eigenvalue weighted by atomic mass is 35.5. The largest absolute Gasteiger partial charge is 0.495 e.